The van der Waals surface area contributed by atoms with E-state index in [-0.39, 0.29) is 6.42 Å². The largest absolute Gasteiger partial charge is 0.281 e. The van der Waals surface area contributed by atoms with Crippen molar-refractivity contribution in [2.75, 3.05) is 0 Å². The van der Waals surface area contributed by atoms with Crippen molar-refractivity contribution in [1.29, 1.82) is 0 Å². The lowest BCUT2D eigenvalue weighted by molar-refractivity contribution is -0.148. The van der Waals surface area contributed by atoms with Gasteiger partial charge in [0.15, 0.2) is 0 Å². The number of rotatable bonds is 4. The van der Waals surface area contributed by atoms with E-state index in [9.17, 15) is 19.2 Å². The lowest BCUT2D eigenvalue weighted by Crippen LogP contribution is -2.57. The average Bonchev–Trinajstić information content (AvgIpc) is 2.36. The second kappa shape index (κ2) is 5.41. The highest BCUT2D eigenvalue weighted by molar-refractivity contribution is 6.75. The molecule has 0 aromatic carbocycles. The Morgan fingerprint density at radius 1 is 0.850 bits per heavy atom. The maximum absolute atomic E-state index is 11.8. The fourth-order valence-corrected chi connectivity index (χ4v) is 4.45. The predicted octanol–water partition coefficient (Wildman–Crippen LogP) is 2.47. The molecule has 3 rings (SSSR count). The fraction of sp³-hybridized carbons (Fsp3) is 0.500. The van der Waals surface area contributed by atoms with E-state index >= 15 is 0 Å². The number of hydrogen-bond donors (Lipinski definition) is 0. The van der Waals surface area contributed by atoms with Gasteiger partial charge >= 0.3 is 0 Å². The first-order chi connectivity index (χ1) is 9.23. The summed E-state index contributed by atoms with van der Waals surface area (Å²) >= 11 is 22.2. The van der Waals surface area contributed by atoms with Crippen LogP contribution in [0.1, 0.15) is 6.42 Å². The van der Waals surface area contributed by atoms with Crippen LogP contribution in [-0.4, -0.2) is 21.0 Å². The number of carbonyl (C=O) groups excluding carboxylic acids is 4. The monoisotopic (exact) mass is 356 g/mol. The van der Waals surface area contributed by atoms with Crippen molar-refractivity contribution < 1.29 is 19.2 Å². The van der Waals surface area contributed by atoms with Crippen molar-refractivity contribution in [3.63, 3.8) is 0 Å². The van der Waals surface area contributed by atoms with Gasteiger partial charge in [0.2, 0.25) is 21.0 Å². The Labute approximate surface area is 134 Å². The van der Waals surface area contributed by atoms with Crippen LogP contribution in [0.25, 0.3) is 0 Å². The van der Waals surface area contributed by atoms with Gasteiger partial charge in [-0.15, -0.1) is 0 Å². The maximum atomic E-state index is 11.8. The van der Waals surface area contributed by atoms with Gasteiger partial charge in [-0.2, -0.15) is 0 Å². The van der Waals surface area contributed by atoms with Crippen LogP contribution >= 0.6 is 46.4 Å². The van der Waals surface area contributed by atoms with Gasteiger partial charge in [0.05, 0.1) is 11.8 Å². The molecule has 4 atom stereocenters. The Kier molecular flexibility index (Phi) is 4.32. The van der Waals surface area contributed by atoms with Crippen LogP contribution in [0.5, 0.6) is 0 Å². The van der Waals surface area contributed by atoms with Crippen molar-refractivity contribution >= 4 is 67.4 Å². The molecule has 8 heteroatoms. The van der Waals surface area contributed by atoms with Gasteiger partial charge in [-0.05, 0) is 58.7 Å². The summed E-state index contributed by atoms with van der Waals surface area (Å²) in [6.45, 7) is 0. The minimum absolute atomic E-state index is 0.0529. The summed E-state index contributed by atoms with van der Waals surface area (Å²) in [5, 5.41) is -3.50. The highest BCUT2D eigenvalue weighted by Gasteiger charge is 2.63. The molecule has 1 fully saturated rings. The van der Waals surface area contributed by atoms with Crippen molar-refractivity contribution in [3.8, 4) is 0 Å². The van der Waals surface area contributed by atoms with Gasteiger partial charge in [0.25, 0.3) is 0 Å². The molecule has 0 saturated heterocycles. The summed E-state index contributed by atoms with van der Waals surface area (Å²) in [6.07, 6.45) is 3.09. The summed E-state index contributed by atoms with van der Waals surface area (Å²) in [5.74, 6) is -3.50. The lowest BCUT2D eigenvalue weighted by Gasteiger charge is -2.50. The van der Waals surface area contributed by atoms with Crippen molar-refractivity contribution in [3.05, 3.63) is 12.2 Å². The molecule has 4 nitrogen and oxygen atoms in total. The van der Waals surface area contributed by atoms with E-state index in [2.05, 4.69) is 0 Å². The van der Waals surface area contributed by atoms with Crippen LogP contribution < -0.4 is 0 Å². The smallest absolute Gasteiger partial charge is 0.237 e. The molecule has 1 saturated carbocycles. The quantitative estimate of drug-likeness (QED) is 0.440. The van der Waals surface area contributed by atoms with Crippen molar-refractivity contribution in [1.82, 2.24) is 0 Å². The van der Waals surface area contributed by atoms with Crippen LogP contribution in [0.4, 0.5) is 0 Å². The minimum atomic E-state index is -1.74. The topological polar surface area (TPSA) is 68.3 Å². The standard InChI is InChI=1S/C12H8Cl4O4/c13-8(17)6-4-1-2-5(7(6)9(14)18)12(3-4,10(15)19)11(16)20/h1-2,4-7H,3H2. The first kappa shape index (κ1) is 16.0. The Morgan fingerprint density at radius 3 is 1.75 bits per heavy atom. The van der Waals surface area contributed by atoms with Crippen LogP contribution in [0.3, 0.4) is 0 Å². The minimum Gasteiger partial charge on any atom is -0.281 e. The molecule has 0 aromatic rings. The van der Waals surface area contributed by atoms with Crippen LogP contribution in [0.2, 0.25) is 0 Å². The van der Waals surface area contributed by atoms with E-state index in [4.69, 9.17) is 46.4 Å². The second-order valence-corrected chi connectivity index (χ2v) is 6.39. The molecule has 0 heterocycles. The van der Waals surface area contributed by atoms with E-state index < -0.39 is 50.1 Å². The predicted molar refractivity (Wildman–Crippen MR) is 73.6 cm³/mol. The fourth-order valence-electron chi connectivity index (χ4n) is 3.26. The molecule has 0 aliphatic heterocycles. The Hall–Kier alpha value is -0.420. The van der Waals surface area contributed by atoms with E-state index in [1.54, 1.807) is 6.08 Å². The third kappa shape index (κ3) is 2.13. The maximum Gasteiger partial charge on any atom is 0.237 e. The average molecular weight is 358 g/mol. The second-order valence-electron chi connectivity index (χ2n) is 4.96. The molecule has 108 valence electrons. The van der Waals surface area contributed by atoms with E-state index in [0.29, 0.717) is 0 Å². The molecule has 3 aliphatic carbocycles. The summed E-state index contributed by atoms with van der Waals surface area (Å²) in [6, 6.07) is 0. The summed E-state index contributed by atoms with van der Waals surface area (Å²) < 4.78 is 0. The van der Waals surface area contributed by atoms with Crippen LogP contribution in [0, 0.1) is 29.1 Å². The highest BCUT2D eigenvalue weighted by atomic mass is 35.5. The summed E-state index contributed by atoms with van der Waals surface area (Å²) in [5.41, 5.74) is -1.74. The number of carbonyl (C=O) groups is 4. The Morgan fingerprint density at radius 2 is 1.35 bits per heavy atom. The van der Waals surface area contributed by atoms with Crippen molar-refractivity contribution in [2.45, 2.75) is 6.42 Å². The zero-order valence-corrected chi connectivity index (χ0v) is 12.8. The van der Waals surface area contributed by atoms with Gasteiger partial charge < -0.3 is 0 Å². The van der Waals surface area contributed by atoms with E-state index in [1.165, 1.54) is 6.08 Å². The normalized spacial score (nSPS) is 33.8. The highest BCUT2D eigenvalue weighted by Crippen LogP contribution is 2.57. The molecule has 20 heavy (non-hydrogen) atoms. The van der Waals surface area contributed by atoms with Gasteiger partial charge in [0.1, 0.15) is 5.41 Å². The molecule has 4 unspecified atom stereocenters. The molecule has 2 bridgehead atoms. The molecule has 3 aliphatic rings. The molecule has 0 radical (unpaired) electrons. The zero-order chi connectivity index (χ0) is 15.2. The van der Waals surface area contributed by atoms with Gasteiger partial charge in [-0.3, -0.25) is 19.2 Å². The number of halogens is 4. The van der Waals surface area contributed by atoms with Gasteiger partial charge in [0, 0.05) is 5.92 Å². The van der Waals surface area contributed by atoms with Crippen molar-refractivity contribution in [2.24, 2.45) is 29.1 Å². The number of allylic oxidation sites excluding steroid dienone is 2. The first-order valence-electron chi connectivity index (χ1n) is 5.70. The third-order valence-electron chi connectivity index (χ3n) is 4.15. The number of hydrogen-bond acceptors (Lipinski definition) is 4. The molecular formula is C12H8Cl4O4. The molecule has 0 spiro atoms. The molecule has 0 amide bonds. The summed E-state index contributed by atoms with van der Waals surface area (Å²) in [4.78, 5) is 46.7. The zero-order valence-electron chi connectivity index (χ0n) is 9.82. The van der Waals surface area contributed by atoms with Crippen LogP contribution in [-0.2, 0) is 19.2 Å². The lowest BCUT2D eigenvalue weighted by atomic mass is 9.52. The third-order valence-corrected chi connectivity index (χ3v) is 5.33. The van der Waals surface area contributed by atoms with Gasteiger partial charge in [-0.25, -0.2) is 0 Å². The van der Waals surface area contributed by atoms with Gasteiger partial charge in [-0.1, -0.05) is 12.2 Å². The SMILES string of the molecule is O=C(Cl)C1C2C=CC(C1C(=O)Cl)C(C(=O)Cl)(C(=O)Cl)C2. The van der Waals surface area contributed by atoms with Crippen LogP contribution in [0.15, 0.2) is 12.2 Å². The first-order valence-corrected chi connectivity index (χ1v) is 7.21. The van der Waals surface area contributed by atoms with E-state index in [1.807, 2.05) is 0 Å². The molecule has 0 N–H and O–H groups in total. The number of fused-ring (bicyclic) bond motifs is 2. The Balaban J connectivity index is 2.60. The van der Waals surface area contributed by atoms with E-state index in [0.717, 1.165) is 0 Å². The summed E-state index contributed by atoms with van der Waals surface area (Å²) in [7, 11) is 0. The molecular weight excluding hydrogens is 350 g/mol. The molecule has 0 aromatic heterocycles. The Bertz CT molecular complexity index is 528.